The fourth-order valence-electron chi connectivity index (χ4n) is 2.30. The first kappa shape index (κ1) is 10.5. The number of aromatic nitrogens is 4. The fourth-order valence-corrected chi connectivity index (χ4v) is 2.30. The van der Waals surface area contributed by atoms with E-state index in [2.05, 4.69) is 15.2 Å². The van der Waals surface area contributed by atoms with Gasteiger partial charge in [0.15, 0.2) is 0 Å². The van der Waals surface area contributed by atoms with Crippen LogP contribution in [0.25, 0.3) is 11.4 Å². The summed E-state index contributed by atoms with van der Waals surface area (Å²) in [5.74, 6) is 1.11. The van der Waals surface area contributed by atoms with Crippen LogP contribution in [0.3, 0.4) is 0 Å². The Morgan fingerprint density at radius 3 is 2.82 bits per heavy atom. The standard InChI is InChI=1S/C11H15N5O/c1-16-7-8(6-13-16)9-14-10(17-15-9)11(12)4-2-3-5-11/h6-7H,2-5,12H2,1H3. The molecule has 1 saturated carbocycles. The summed E-state index contributed by atoms with van der Waals surface area (Å²) in [6.45, 7) is 0. The summed E-state index contributed by atoms with van der Waals surface area (Å²) in [5.41, 5.74) is 6.69. The van der Waals surface area contributed by atoms with E-state index in [4.69, 9.17) is 10.3 Å². The molecule has 3 rings (SSSR count). The van der Waals surface area contributed by atoms with Crippen molar-refractivity contribution >= 4 is 0 Å². The zero-order chi connectivity index (χ0) is 11.9. The molecule has 6 heteroatoms. The topological polar surface area (TPSA) is 82.8 Å². The van der Waals surface area contributed by atoms with Crippen molar-refractivity contribution in [2.45, 2.75) is 31.2 Å². The minimum absolute atomic E-state index is 0.423. The van der Waals surface area contributed by atoms with Gasteiger partial charge in [-0.25, -0.2) is 0 Å². The Morgan fingerprint density at radius 1 is 1.41 bits per heavy atom. The van der Waals surface area contributed by atoms with Crippen LogP contribution in [0.1, 0.15) is 31.6 Å². The number of nitrogens with two attached hydrogens (primary N) is 1. The number of hydrogen-bond donors (Lipinski definition) is 1. The molecule has 6 nitrogen and oxygen atoms in total. The van der Waals surface area contributed by atoms with Crippen LogP contribution in [0.15, 0.2) is 16.9 Å². The third kappa shape index (κ3) is 1.74. The summed E-state index contributed by atoms with van der Waals surface area (Å²) in [7, 11) is 1.85. The minimum Gasteiger partial charge on any atom is -0.337 e. The van der Waals surface area contributed by atoms with Gasteiger partial charge in [0.2, 0.25) is 11.7 Å². The van der Waals surface area contributed by atoms with Crippen molar-refractivity contribution in [2.24, 2.45) is 12.8 Å². The third-order valence-corrected chi connectivity index (χ3v) is 3.31. The molecule has 0 atom stereocenters. The zero-order valence-electron chi connectivity index (χ0n) is 9.76. The normalized spacial score (nSPS) is 18.7. The number of nitrogens with zero attached hydrogens (tertiary/aromatic N) is 4. The molecule has 0 aliphatic heterocycles. The van der Waals surface area contributed by atoms with Crippen molar-refractivity contribution in [3.05, 3.63) is 18.3 Å². The molecule has 2 heterocycles. The Hall–Kier alpha value is -1.69. The molecule has 0 radical (unpaired) electrons. The molecule has 0 spiro atoms. The van der Waals surface area contributed by atoms with Crippen LogP contribution in [-0.4, -0.2) is 19.9 Å². The van der Waals surface area contributed by atoms with Crippen LogP contribution in [0.4, 0.5) is 0 Å². The highest BCUT2D eigenvalue weighted by Crippen LogP contribution is 2.35. The average Bonchev–Trinajstić information content (AvgIpc) is 2.96. The molecule has 2 N–H and O–H groups in total. The summed E-state index contributed by atoms with van der Waals surface area (Å²) in [5, 5.41) is 8.05. The van der Waals surface area contributed by atoms with Gasteiger partial charge in [0.05, 0.1) is 17.3 Å². The summed E-state index contributed by atoms with van der Waals surface area (Å²) in [6, 6.07) is 0. The van der Waals surface area contributed by atoms with Crippen LogP contribution in [-0.2, 0) is 12.6 Å². The second kappa shape index (κ2) is 3.66. The van der Waals surface area contributed by atoms with E-state index in [-0.39, 0.29) is 0 Å². The van der Waals surface area contributed by atoms with E-state index < -0.39 is 5.54 Å². The van der Waals surface area contributed by atoms with Crippen molar-refractivity contribution in [1.29, 1.82) is 0 Å². The third-order valence-electron chi connectivity index (χ3n) is 3.31. The van der Waals surface area contributed by atoms with Crippen molar-refractivity contribution in [3.8, 4) is 11.4 Å². The molecule has 1 aliphatic rings. The molecule has 2 aromatic rings. The maximum Gasteiger partial charge on any atom is 0.247 e. The van der Waals surface area contributed by atoms with Crippen LogP contribution >= 0.6 is 0 Å². The lowest BCUT2D eigenvalue weighted by Gasteiger charge is -2.17. The first-order valence-corrected chi connectivity index (χ1v) is 5.79. The van der Waals surface area contributed by atoms with Gasteiger partial charge < -0.3 is 10.3 Å². The molecule has 0 aromatic carbocycles. The molecule has 0 amide bonds. The molecule has 0 saturated heterocycles. The van der Waals surface area contributed by atoms with Crippen LogP contribution in [0.2, 0.25) is 0 Å². The van der Waals surface area contributed by atoms with Gasteiger partial charge in [-0.3, -0.25) is 4.68 Å². The Bertz CT molecular complexity index is 523. The van der Waals surface area contributed by atoms with Crippen molar-refractivity contribution in [2.75, 3.05) is 0 Å². The van der Waals surface area contributed by atoms with E-state index in [1.807, 2.05) is 13.2 Å². The van der Waals surface area contributed by atoms with E-state index in [0.29, 0.717) is 11.7 Å². The fraction of sp³-hybridized carbons (Fsp3) is 0.545. The zero-order valence-corrected chi connectivity index (χ0v) is 9.76. The lowest BCUT2D eigenvalue weighted by atomic mass is 9.99. The van der Waals surface area contributed by atoms with Crippen LogP contribution in [0, 0.1) is 0 Å². The lowest BCUT2D eigenvalue weighted by molar-refractivity contribution is 0.285. The predicted octanol–water partition coefficient (Wildman–Crippen LogP) is 1.20. The monoisotopic (exact) mass is 233 g/mol. The van der Waals surface area contributed by atoms with Crippen LogP contribution < -0.4 is 5.73 Å². The van der Waals surface area contributed by atoms with Crippen LogP contribution in [0.5, 0.6) is 0 Å². The van der Waals surface area contributed by atoms with Crippen molar-refractivity contribution in [3.63, 3.8) is 0 Å². The first-order valence-electron chi connectivity index (χ1n) is 5.79. The number of rotatable bonds is 2. The number of aryl methyl sites for hydroxylation is 1. The van der Waals surface area contributed by atoms with Crippen molar-refractivity contribution < 1.29 is 4.52 Å². The van der Waals surface area contributed by atoms with Gasteiger partial charge >= 0.3 is 0 Å². The molecule has 90 valence electrons. The molecule has 1 fully saturated rings. The van der Waals surface area contributed by atoms with E-state index in [9.17, 15) is 0 Å². The van der Waals surface area contributed by atoms with Gasteiger partial charge in [-0.2, -0.15) is 10.1 Å². The SMILES string of the molecule is Cn1cc(-c2noc(C3(N)CCCC3)n2)cn1. The molecular formula is C11H15N5O. The highest BCUT2D eigenvalue weighted by atomic mass is 16.5. The summed E-state index contributed by atoms with van der Waals surface area (Å²) in [4.78, 5) is 4.39. The van der Waals surface area contributed by atoms with E-state index in [1.165, 1.54) is 0 Å². The smallest absolute Gasteiger partial charge is 0.247 e. The van der Waals surface area contributed by atoms with Gasteiger partial charge in [0.1, 0.15) is 0 Å². The molecule has 2 aromatic heterocycles. The Kier molecular flexibility index (Phi) is 2.25. The van der Waals surface area contributed by atoms with Gasteiger partial charge in [-0.1, -0.05) is 18.0 Å². The van der Waals surface area contributed by atoms with E-state index in [0.717, 1.165) is 31.2 Å². The maximum atomic E-state index is 6.26. The Morgan fingerprint density at radius 2 is 2.18 bits per heavy atom. The number of hydrogen-bond acceptors (Lipinski definition) is 5. The molecule has 0 unspecified atom stereocenters. The summed E-state index contributed by atoms with van der Waals surface area (Å²) < 4.78 is 7.00. The summed E-state index contributed by atoms with van der Waals surface area (Å²) >= 11 is 0. The average molecular weight is 233 g/mol. The Balaban J connectivity index is 1.92. The van der Waals surface area contributed by atoms with E-state index >= 15 is 0 Å². The second-order valence-corrected chi connectivity index (χ2v) is 4.69. The summed E-state index contributed by atoms with van der Waals surface area (Å²) in [6.07, 6.45) is 7.66. The highest BCUT2D eigenvalue weighted by Gasteiger charge is 2.36. The highest BCUT2D eigenvalue weighted by molar-refractivity contribution is 5.51. The lowest BCUT2D eigenvalue weighted by Crippen LogP contribution is -2.33. The molecular weight excluding hydrogens is 218 g/mol. The quantitative estimate of drug-likeness (QED) is 0.842. The predicted molar refractivity (Wildman–Crippen MR) is 60.8 cm³/mol. The minimum atomic E-state index is -0.423. The molecule has 1 aliphatic carbocycles. The molecule has 0 bridgehead atoms. The van der Waals surface area contributed by atoms with Gasteiger partial charge in [0, 0.05) is 13.2 Å². The first-order chi connectivity index (χ1) is 8.17. The van der Waals surface area contributed by atoms with Crippen molar-refractivity contribution in [1.82, 2.24) is 19.9 Å². The van der Waals surface area contributed by atoms with Gasteiger partial charge in [0.25, 0.3) is 0 Å². The van der Waals surface area contributed by atoms with Gasteiger partial charge in [-0.05, 0) is 12.8 Å². The van der Waals surface area contributed by atoms with E-state index in [1.54, 1.807) is 10.9 Å². The molecule has 17 heavy (non-hydrogen) atoms. The second-order valence-electron chi connectivity index (χ2n) is 4.69. The largest absolute Gasteiger partial charge is 0.337 e. The van der Waals surface area contributed by atoms with Gasteiger partial charge in [-0.15, -0.1) is 0 Å². The maximum absolute atomic E-state index is 6.26. The Labute approximate surface area is 98.8 Å².